The van der Waals surface area contributed by atoms with Crippen LogP contribution in [0.5, 0.6) is 0 Å². The Hall–Kier alpha value is -2.68. The highest BCUT2D eigenvalue weighted by molar-refractivity contribution is 7.13. The van der Waals surface area contributed by atoms with Gasteiger partial charge in [-0.2, -0.15) is 4.98 Å². The van der Waals surface area contributed by atoms with Crippen LogP contribution in [0.25, 0.3) is 16.3 Å². The van der Waals surface area contributed by atoms with Crippen molar-refractivity contribution in [2.45, 2.75) is 19.4 Å². The SMILES string of the molecule is COCCCN1C(=O)NC(c2cccc(Cl)c2)C(c2nc(-c3cccs3)no2)=C1C. The van der Waals surface area contributed by atoms with Gasteiger partial charge in [-0.05, 0) is 42.5 Å². The highest BCUT2D eigenvalue weighted by Crippen LogP contribution is 2.38. The van der Waals surface area contributed by atoms with Crippen molar-refractivity contribution in [3.05, 3.63) is 64.0 Å². The number of amides is 2. The molecule has 0 spiro atoms. The molecule has 1 atom stereocenters. The number of nitrogens with one attached hydrogen (secondary N) is 1. The van der Waals surface area contributed by atoms with Crippen LogP contribution in [0.2, 0.25) is 5.02 Å². The third-order valence-corrected chi connectivity index (χ3v) is 6.01. The van der Waals surface area contributed by atoms with E-state index < -0.39 is 6.04 Å². The van der Waals surface area contributed by atoms with Gasteiger partial charge in [-0.3, -0.25) is 4.90 Å². The molecule has 1 unspecified atom stereocenters. The number of thiophene rings is 1. The van der Waals surface area contributed by atoms with Gasteiger partial charge in [0.15, 0.2) is 0 Å². The van der Waals surface area contributed by atoms with Crippen molar-refractivity contribution in [1.82, 2.24) is 20.4 Å². The number of carbonyl (C=O) groups excluding carboxylic acids is 1. The molecule has 0 saturated carbocycles. The molecule has 2 amide bonds. The van der Waals surface area contributed by atoms with Crippen LogP contribution < -0.4 is 5.32 Å². The van der Waals surface area contributed by atoms with Gasteiger partial charge in [0.25, 0.3) is 5.89 Å². The minimum atomic E-state index is -0.452. The Kier molecular flexibility index (Phi) is 6.17. The fourth-order valence-corrected chi connectivity index (χ4v) is 4.32. The molecule has 2 aromatic heterocycles. The van der Waals surface area contributed by atoms with E-state index in [0.29, 0.717) is 36.3 Å². The summed E-state index contributed by atoms with van der Waals surface area (Å²) in [5, 5.41) is 9.76. The van der Waals surface area contributed by atoms with E-state index >= 15 is 0 Å². The molecule has 0 saturated heterocycles. The lowest BCUT2D eigenvalue weighted by Crippen LogP contribution is -2.46. The monoisotopic (exact) mass is 444 g/mol. The Bertz CT molecular complexity index is 1060. The topological polar surface area (TPSA) is 80.5 Å². The van der Waals surface area contributed by atoms with Gasteiger partial charge < -0.3 is 14.6 Å². The second-order valence-corrected chi connectivity index (χ2v) is 8.22. The van der Waals surface area contributed by atoms with Crippen LogP contribution in [-0.2, 0) is 4.74 Å². The number of benzene rings is 1. The first kappa shape index (κ1) is 20.6. The average molecular weight is 445 g/mol. The van der Waals surface area contributed by atoms with Gasteiger partial charge in [0, 0.05) is 31.0 Å². The van der Waals surface area contributed by atoms with Gasteiger partial charge in [0.2, 0.25) is 5.82 Å². The maximum Gasteiger partial charge on any atom is 0.322 e. The number of hydrogen-bond donors (Lipinski definition) is 1. The van der Waals surface area contributed by atoms with Crippen LogP contribution in [0, 0.1) is 0 Å². The molecule has 1 aromatic carbocycles. The molecule has 1 aliphatic rings. The number of urea groups is 1. The predicted octanol–water partition coefficient (Wildman–Crippen LogP) is 4.99. The van der Waals surface area contributed by atoms with Crippen LogP contribution in [-0.4, -0.2) is 41.3 Å². The lowest BCUT2D eigenvalue weighted by Gasteiger charge is -2.35. The first-order valence-electron chi connectivity index (χ1n) is 9.49. The number of hydrogen-bond acceptors (Lipinski definition) is 6. The first-order chi connectivity index (χ1) is 14.6. The quantitative estimate of drug-likeness (QED) is 0.519. The maximum absolute atomic E-state index is 12.9. The minimum Gasteiger partial charge on any atom is -0.385 e. The van der Waals surface area contributed by atoms with Crippen molar-refractivity contribution >= 4 is 34.5 Å². The van der Waals surface area contributed by atoms with Crippen LogP contribution >= 0.6 is 22.9 Å². The zero-order valence-corrected chi connectivity index (χ0v) is 18.2. The van der Waals surface area contributed by atoms with Gasteiger partial charge in [0.1, 0.15) is 0 Å². The molecule has 7 nitrogen and oxygen atoms in total. The molecule has 30 heavy (non-hydrogen) atoms. The summed E-state index contributed by atoms with van der Waals surface area (Å²) in [4.78, 5) is 20.1. The number of halogens is 1. The van der Waals surface area contributed by atoms with E-state index in [0.717, 1.165) is 21.7 Å². The van der Waals surface area contributed by atoms with Gasteiger partial charge in [0.05, 0.1) is 16.5 Å². The summed E-state index contributed by atoms with van der Waals surface area (Å²) in [5.74, 6) is 0.894. The number of ether oxygens (including phenoxy) is 1. The summed E-state index contributed by atoms with van der Waals surface area (Å²) in [5.41, 5.74) is 2.36. The molecule has 4 rings (SSSR count). The van der Waals surface area contributed by atoms with Gasteiger partial charge in [-0.15, -0.1) is 11.3 Å². The van der Waals surface area contributed by atoms with Gasteiger partial charge in [-0.25, -0.2) is 4.79 Å². The van der Waals surface area contributed by atoms with Crippen molar-refractivity contribution in [1.29, 1.82) is 0 Å². The Morgan fingerprint density at radius 1 is 1.33 bits per heavy atom. The average Bonchev–Trinajstić information content (AvgIpc) is 3.42. The number of rotatable bonds is 7. The molecule has 1 N–H and O–H groups in total. The van der Waals surface area contributed by atoms with E-state index in [1.165, 1.54) is 11.3 Å². The van der Waals surface area contributed by atoms with Gasteiger partial charge >= 0.3 is 6.03 Å². The van der Waals surface area contributed by atoms with E-state index in [1.807, 2.05) is 42.6 Å². The predicted molar refractivity (Wildman–Crippen MR) is 116 cm³/mol. The first-order valence-corrected chi connectivity index (χ1v) is 10.8. The summed E-state index contributed by atoms with van der Waals surface area (Å²) in [7, 11) is 1.64. The summed E-state index contributed by atoms with van der Waals surface area (Å²) >= 11 is 7.75. The molecular weight excluding hydrogens is 424 g/mol. The van der Waals surface area contributed by atoms with E-state index in [-0.39, 0.29) is 6.03 Å². The van der Waals surface area contributed by atoms with Crippen molar-refractivity contribution < 1.29 is 14.1 Å². The summed E-state index contributed by atoms with van der Waals surface area (Å²) in [6.07, 6.45) is 0.709. The van der Waals surface area contributed by atoms with E-state index in [2.05, 4.69) is 15.5 Å². The number of carbonyl (C=O) groups is 1. The van der Waals surface area contributed by atoms with Crippen molar-refractivity contribution in [2.24, 2.45) is 0 Å². The van der Waals surface area contributed by atoms with E-state index in [1.54, 1.807) is 18.1 Å². The fraction of sp³-hybridized carbons (Fsp3) is 0.286. The van der Waals surface area contributed by atoms with Crippen molar-refractivity contribution in [2.75, 3.05) is 20.3 Å². The smallest absolute Gasteiger partial charge is 0.322 e. The molecule has 9 heteroatoms. The van der Waals surface area contributed by atoms with Gasteiger partial charge in [-0.1, -0.05) is 35.0 Å². The molecule has 0 fully saturated rings. The second kappa shape index (κ2) is 8.99. The molecular formula is C21H21ClN4O3S. The Balaban J connectivity index is 1.77. The third kappa shape index (κ3) is 4.12. The Morgan fingerprint density at radius 2 is 2.20 bits per heavy atom. The number of aromatic nitrogens is 2. The summed E-state index contributed by atoms with van der Waals surface area (Å²) in [6, 6.07) is 10.6. The van der Waals surface area contributed by atoms with Crippen LogP contribution in [0.3, 0.4) is 0 Å². The summed E-state index contributed by atoms with van der Waals surface area (Å²) in [6.45, 7) is 2.98. The van der Waals surface area contributed by atoms with Crippen molar-refractivity contribution in [3.8, 4) is 10.7 Å². The number of allylic oxidation sites excluding steroid dienone is 1. The largest absolute Gasteiger partial charge is 0.385 e. The van der Waals surface area contributed by atoms with Crippen LogP contribution in [0.1, 0.15) is 30.8 Å². The lowest BCUT2D eigenvalue weighted by molar-refractivity contribution is 0.174. The normalized spacial score (nSPS) is 16.8. The molecule has 3 heterocycles. The Labute approximate surface area is 183 Å². The molecule has 0 radical (unpaired) electrons. The highest BCUT2D eigenvalue weighted by atomic mass is 35.5. The van der Waals surface area contributed by atoms with Crippen molar-refractivity contribution in [3.63, 3.8) is 0 Å². The molecule has 3 aromatic rings. The number of nitrogens with zero attached hydrogens (tertiary/aromatic N) is 3. The highest BCUT2D eigenvalue weighted by Gasteiger charge is 2.35. The molecule has 0 bridgehead atoms. The fourth-order valence-electron chi connectivity index (χ4n) is 3.47. The summed E-state index contributed by atoms with van der Waals surface area (Å²) < 4.78 is 10.8. The maximum atomic E-state index is 12.9. The standard InChI is InChI=1S/C21H21ClN4O3S/c1-13-17(20-24-19(25-29-20)16-8-4-11-30-16)18(14-6-3-7-15(22)12-14)23-21(27)26(13)9-5-10-28-2/h3-4,6-8,11-12,18H,5,9-10H2,1-2H3,(H,23,27). The molecule has 0 aliphatic carbocycles. The molecule has 1 aliphatic heterocycles. The second-order valence-electron chi connectivity index (χ2n) is 6.84. The van der Waals surface area contributed by atoms with Crippen LogP contribution in [0.15, 0.2) is 52.0 Å². The molecule has 156 valence electrons. The van der Waals surface area contributed by atoms with Crippen LogP contribution in [0.4, 0.5) is 4.79 Å². The Morgan fingerprint density at radius 3 is 2.93 bits per heavy atom. The zero-order chi connectivity index (χ0) is 21.1. The number of methoxy groups -OCH3 is 1. The zero-order valence-electron chi connectivity index (χ0n) is 16.6. The van der Waals surface area contributed by atoms with E-state index in [9.17, 15) is 4.79 Å². The lowest BCUT2D eigenvalue weighted by atomic mass is 9.94. The minimum absolute atomic E-state index is 0.185. The van der Waals surface area contributed by atoms with E-state index in [4.69, 9.17) is 20.9 Å². The third-order valence-electron chi connectivity index (χ3n) is 4.91.